The number of aromatic nitrogens is 2. The molecule has 0 aliphatic rings. The fraction of sp³-hybridized carbons (Fsp3) is 0.429. The van der Waals surface area contributed by atoms with E-state index in [1.807, 2.05) is 6.92 Å². The zero-order valence-electron chi connectivity index (χ0n) is 6.49. The van der Waals surface area contributed by atoms with Gasteiger partial charge in [-0.15, -0.1) is 0 Å². The van der Waals surface area contributed by atoms with E-state index in [-0.39, 0.29) is 6.04 Å². The second kappa shape index (κ2) is 4.00. The number of hydrogen-bond donors (Lipinski definition) is 2. The van der Waals surface area contributed by atoms with Gasteiger partial charge in [0.2, 0.25) is 0 Å². The molecule has 0 spiro atoms. The van der Waals surface area contributed by atoms with Gasteiger partial charge in [0.1, 0.15) is 0 Å². The second-order valence-corrected chi connectivity index (χ2v) is 2.26. The molecule has 0 fully saturated rings. The molecule has 11 heavy (non-hydrogen) atoms. The Hall–Kier alpha value is -1.00. The summed E-state index contributed by atoms with van der Waals surface area (Å²) in [5, 5.41) is 0. The lowest BCUT2D eigenvalue weighted by molar-refractivity contribution is 0.524. The van der Waals surface area contributed by atoms with Crippen molar-refractivity contribution in [2.24, 2.45) is 5.84 Å². The lowest BCUT2D eigenvalue weighted by Crippen LogP contribution is -2.28. The minimum absolute atomic E-state index is 0.115. The molecule has 1 atom stereocenters. The highest BCUT2D eigenvalue weighted by atomic mass is 15.2. The minimum atomic E-state index is 0.115. The van der Waals surface area contributed by atoms with Gasteiger partial charge in [-0.1, -0.05) is 6.92 Å². The summed E-state index contributed by atoms with van der Waals surface area (Å²) < 4.78 is 0. The first-order chi connectivity index (χ1) is 5.38. The smallest absolute Gasteiger partial charge is 0.0769 e. The molecule has 0 saturated carbocycles. The third kappa shape index (κ3) is 1.96. The van der Waals surface area contributed by atoms with E-state index in [0.717, 1.165) is 12.1 Å². The zero-order chi connectivity index (χ0) is 8.10. The van der Waals surface area contributed by atoms with Crippen LogP contribution in [-0.2, 0) is 0 Å². The molecule has 1 unspecified atom stereocenters. The predicted molar refractivity (Wildman–Crippen MR) is 42.4 cm³/mol. The first-order valence-electron chi connectivity index (χ1n) is 3.60. The van der Waals surface area contributed by atoms with E-state index in [2.05, 4.69) is 15.4 Å². The third-order valence-electron chi connectivity index (χ3n) is 1.55. The van der Waals surface area contributed by atoms with E-state index >= 15 is 0 Å². The van der Waals surface area contributed by atoms with Crippen molar-refractivity contribution in [3.8, 4) is 0 Å². The van der Waals surface area contributed by atoms with E-state index in [1.54, 1.807) is 18.6 Å². The molecule has 0 aliphatic carbocycles. The van der Waals surface area contributed by atoms with Crippen LogP contribution in [0, 0.1) is 0 Å². The fourth-order valence-corrected chi connectivity index (χ4v) is 0.903. The van der Waals surface area contributed by atoms with Gasteiger partial charge in [0, 0.05) is 12.4 Å². The number of hydrazine groups is 1. The Labute approximate surface area is 65.8 Å². The lowest BCUT2D eigenvalue weighted by atomic mass is 10.2. The summed E-state index contributed by atoms with van der Waals surface area (Å²) in [4.78, 5) is 8.06. The van der Waals surface area contributed by atoms with Crippen LogP contribution in [0.4, 0.5) is 0 Å². The van der Waals surface area contributed by atoms with E-state index in [0.29, 0.717) is 0 Å². The summed E-state index contributed by atoms with van der Waals surface area (Å²) in [5.74, 6) is 5.30. The Balaban J connectivity index is 2.74. The van der Waals surface area contributed by atoms with Crippen LogP contribution in [0.5, 0.6) is 0 Å². The molecule has 4 nitrogen and oxygen atoms in total. The molecule has 1 heterocycles. The van der Waals surface area contributed by atoms with Gasteiger partial charge in [-0.05, 0) is 6.42 Å². The van der Waals surface area contributed by atoms with Crippen LogP contribution in [0.15, 0.2) is 18.6 Å². The third-order valence-corrected chi connectivity index (χ3v) is 1.55. The molecule has 1 rings (SSSR count). The summed E-state index contributed by atoms with van der Waals surface area (Å²) in [5.41, 5.74) is 3.55. The molecule has 0 amide bonds. The number of rotatable bonds is 3. The molecular formula is C7H12N4. The standard InChI is InChI=1S/C7H12N4/c1-2-6(11-8)7-5-9-3-4-10-7/h3-6,11H,2,8H2,1H3. The highest BCUT2D eigenvalue weighted by Gasteiger charge is 2.06. The molecule has 0 radical (unpaired) electrons. The van der Waals surface area contributed by atoms with Gasteiger partial charge in [0.15, 0.2) is 0 Å². The molecule has 3 N–H and O–H groups in total. The topological polar surface area (TPSA) is 63.8 Å². The predicted octanol–water partition coefficient (Wildman–Crippen LogP) is 0.391. The normalized spacial score (nSPS) is 12.9. The van der Waals surface area contributed by atoms with Gasteiger partial charge in [-0.3, -0.25) is 21.2 Å². The van der Waals surface area contributed by atoms with E-state index in [1.165, 1.54) is 0 Å². The van der Waals surface area contributed by atoms with Crippen molar-refractivity contribution in [2.45, 2.75) is 19.4 Å². The quantitative estimate of drug-likeness (QED) is 0.486. The van der Waals surface area contributed by atoms with Crippen molar-refractivity contribution < 1.29 is 0 Å². The number of nitrogens with two attached hydrogens (primary N) is 1. The van der Waals surface area contributed by atoms with E-state index in [4.69, 9.17) is 5.84 Å². The molecule has 0 bridgehead atoms. The summed E-state index contributed by atoms with van der Waals surface area (Å²) in [7, 11) is 0. The Bertz CT molecular complexity index is 195. The maximum Gasteiger partial charge on any atom is 0.0769 e. The van der Waals surface area contributed by atoms with Crippen molar-refractivity contribution >= 4 is 0 Å². The highest BCUT2D eigenvalue weighted by molar-refractivity contribution is 5.00. The van der Waals surface area contributed by atoms with Gasteiger partial charge < -0.3 is 0 Å². The first-order valence-corrected chi connectivity index (χ1v) is 3.60. The molecule has 0 aliphatic heterocycles. The minimum Gasteiger partial charge on any atom is -0.271 e. The number of nitrogens with zero attached hydrogens (tertiary/aromatic N) is 2. The number of hydrogen-bond acceptors (Lipinski definition) is 4. The van der Waals surface area contributed by atoms with Crippen LogP contribution < -0.4 is 11.3 Å². The van der Waals surface area contributed by atoms with Crippen molar-refractivity contribution in [3.63, 3.8) is 0 Å². The second-order valence-electron chi connectivity index (χ2n) is 2.26. The monoisotopic (exact) mass is 152 g/mol. The van der Waals surface area contributed by atoms with Gasteiger partial charge in [0.25, 0.3) is 0 Å². The molecular weight excluding hydrogens is 140 g/mol. The average Bonchev–Trinajstić information content (AvgIpc) is 2.09. The largest absolute Gasteiger partial charge is 0.271 e. The summed E-state index contributed by atoms with van der Waals surface area (Å²) >= 11 is 0. The molecule has 60 valence electrons. The number of nitrogens with one attached hydrogen (secondary N) is 1. The average molecular weight is 152 g/mol. The maximum absolute atomic E-state index is 5.30. The van der Waals surface area contributed by atoms with Crippen LogP contribution in [0.1, 0.15) is 25.1 Å². The maximum atomic E-state index is 5.30. The zero-order valence-corrected chi connectivity index (χ0v) is 6.49. The van der Waals surface area contributed by atoms with Crippen molar-refractivity contribution in [2.75, 3.05) is 0 Å². The Morgan fingerprint density at radius 2 is 2.45 bits per heavy atom. The van der Waals surface area contributed by atoms with Gasteiger partial charge in [-0.25, -0.2) is 0 Å². The van der Waals surface area contributed by atoms with Crippen molar-refractivity contribution in [1.29, 1.82) is 0 Å². The van der Waals surface area contributed by atoms with Crippen molar-refractivity contribution in [1.82, 2.24) is 15.4 Å². The van der Waals surface area contributed by atoms with Gasteiger partial charge in [0.05, 0.1) is 17.9 Å². The Morgan fingerprint density at radius 3 is 2.91 bits per heavy atom. The SMILES string of the molecule is CCC(NN)c1cnccn1. The summed E-state index contributed by atoms with van der Waals surface area (Å²) in [6.07, 6.45) is 5.94. The van der Waals surface area contributed by atoms with Crippen LogP contribution in [0.3, 0.4) is 0 Å². The summed E-state index contributed by atoms with van der Waals surface area (Å²) in [6, 6.07) is 0.115. The summed E-state index contributed by atoms with van der Waals surface area (Å²) in [6.45, 7) is 2.04. The molecule has 0 saturated heterocycles. The first kappa shape index (κ1) is 8.10. The van der Waals surface area contributed by atoms with E-state index < -0.39 is 0 Å². The van der Waals surface area contributed by atoms with Crippen LogP contribution >= 0.6 is 0 Å². The highest BCUT2D eigenvalue weighted by Crippen LogP contribution is 2.09. The van der Waals surface area contributed by atoms with Crippen LogP contribution in [0.25, 0.3) is 0 Å². The van der Waals surface area contributed by atoms with Crippen molar-refractivity contribution in [3.05, 3.63) is 24.3 Å². The molecule has 1 aromatic rings. The molecule has 0 aromatic carbocycles. The molecule has 4 heteroatoms. The van der Waals surface area contributed by atoms with E-state index in [9.17, 15) is 0 Å². The molecule has 1 aromatic heterocycles. The lowest BCUT2D eigenvalue weighted by Gasteiger charge is -2.10. The van der Waals surface area contributed by atoms with Crippen LogP contribution in [-0.4, -0.2) is 9.97 Å². The Kier molecular flexibility index (Phi) is 2.95. The van der Waals surface area contributed by atoms with Gasteiger partial charge >= 0.3 is 0 Å². The Morgan fingerprint density at radius 1 is 1.64 bits per heavy atom. The van der Waals surface area contributed by atoms with Gasteiger partial charge in [-0.2, -0.15) is 0 Å². The van der Waals surface area contributed by atoms with Crippen LogP contribution in [0.2, 0.25) is 0 Å². The fourth-order valence-electron chi connectivity index (χ4n) is 0.903.